The second-order valence-electron chi connectivity index (χ2n) is 2.95. The molecule has 0 spiro atoms. The van der Waals surface area contributed by atoms with Gasteiger partial charge in [-0.05, 0) is 6.42 Å². The summed E-state index contributed by atoms with van der Waals surface area (Å²) < 4.78 is 0. The Hall–Kier alpha value is -0.160. The highest BCUT2D eigenvalue weighted by Crippen LogP contribution is 2.15. The molecular formula is C7H15NO3. The molecule has 0 aromatic rings. The molecule has 0 unspecified atom stereocenters. The van der Waals surface area contributed by atoms with Gasteiger partial charge in [0.15, 0.2) is 0 Å². The molecule has 0 aliphatic carbocycles. The van der Waals surface area contributed by atoms with E-state index in [2.05, 4.69) is 5.32 Å². The summed E-state index contributed by atoms with van der Waals surface area (Å²) in [5.41, 5.74) is 0. The van der Waals surface area contributed by atoms with Crippen LogP contribution in [0.2, 0.25) is 0 Å². The fraction of sp³-hybridized carbons (Fsp3) is 1.00. The molecule has 66 valence electrons. The molecule has 1 fully saturated rings. The van der Waals surface area contributed by atoms with E-state index in [1.54, 1.807) is 0 Å². The van der Waals surface area contributed by atoms with Gasteiger partial charge >= 0.3 is 0 Å². The molecule has 0 bridgehead atoms. The minimum absolute atomic E-state index is 0.0813. The maximum Gasteiger partial charge on any atom is 0.0989 e. The maximum atomic E-state index is 9.34. The molecule has 4 atom stereocenters. The highest BCUT2D eigenvalue weighted by atomic mass is 16.3. The van der Waals surface area contributed by atoms with Gasteiger partial charge in [-0.1, -0.05) is 6.92 Å². The SMILES string of the molecule is CC[C@@H]1N[C@@H](CO)[C@H](O)[C@H]1O. The fourth-order valence-electron chi connectivity index (χ4n) is 1.47. The average molecular weight is 161 g/mol. The molecule has 0 radical (unpaired) electrons. The van der Waals surface area contributed by atoms with E-state index in [4.69, 9.17) is 5.11 Å². The lowest BCUT2D eigenvalue weighted by atomic mass is 10.1. The van der Waals surface area contributed by atoms with Crippen LogP contribution in [0, 0.1) is 0 Å². The predicted molar refractivity (Wildman–Crippen MR) is 40.1 cm³/mol. The fourth-order valence-corrected chi connectivity index (χ4v) is 1.47. The number of hydrogen-bond acceptors (Lipinski definition) is 4. The van der Waals surface area contributed by atoms with Gasteiger partial charge in [0.1, 0.15) is 0 Å². The van der Waals surface area contributed by atoms with Crippen molar-refractivity contribution in [3.8, 4) is 0 Å². The highest BCUT2D eigenvalue weighted by molar-refractivity contribution is 4.96. The van der Waals surface area contributed by atoms with Crippen LogP contribution in [0.3, 0.4) is 0 Å². The second kappa shape index (κ2) is 3.49. The first kappa shape index (κ1) is 8.93. The highest BCUT2D eigenvalue weighted by Gasteiger charge is 2.39. The standard InChI is InChI=1S/C7H15NO3/c1-2-4-6(10)7(11)5(3-9)8-4/h4-11H,2-3H2,1H3/t4-,5-,6-,7-/m0/s1. The van der Waals surface area contributed by atoms with Crippen LogP contribution in [0.1, 0.15) is 13.3 Å². The van der Waals surface area contributed by atoms with Gasteiger partial charge in [-0.3, -0.25) is 0 Å². The third-order valence-corrected chi connectivity index (χ3v) is 2.24. The Kier molecular flexibility index (Phi) is 2.84. The quantitative estimate of drug-likeness (QED) is 0.396. The van der Waals surface area contributed by atoms with Crippen molar-refractivity contribution in [2.45, 2.75) is 37.6 Å². The third kappa shape index (κ3) is 1.54. The van der Waals surface area contributed by atoms with E-state index >= 15 is 0 Å². The van der Waals surface area contributed by atoms with Crippen LogP contribution in [0.5, 0.6) is 0 Å². The van der Waals surface area contributed by atoms with Crippen molar-refractivity contribution < 1.29 is 15.3 Å². The lowest BCUT2D eigenvalue weighted by Crippen LogP contribution is -2.36. The maximum absolute atomic E-state index is 9.34. The number of rotatable bonds is 2. The summed E-state index contributed by atoms with van der Waals surface area (Å²) in [6.07, 6.45) is -0.809. The van der Waals surface area contributed by atoms with Gasteiger partial charge in [0, 0.05) is 6.04 Å². The number of nitrogens with one attached hydrogen (secondary N) is 1. The summed E-state index contributed by atoms with van der Waals surface area (Å²) in [4.78, 5) is 0. The first-order chi connectivity index (χ1) is 5.20. The van der Waals surface area contributed by atoms with E-state index in [0.717, 1.165) is 6.42 Å². The molecule has 0 aromatic carbocycles. The molecule has 1 rings (SSSR count). The molecule has 1 saturated heterocycles. The Morgan fingerprint density at radius 3 is 2.00 bits per heavy atom. The Bertz CT molecular complexity index is 113. The zero-order valence-electron chi connectivity index (χ0n) is 6.57. The number of hydrogen-bond donors (Lipinski definition) is 4. The van der Waals surface area contributed by atoms with E-state index in [9.17, 15) is 10.2 Å². The Morgan fingerprint density at radius 1 is 1.18 bits per heavy atom. The summed E-state index contributed by atoms with van der Waals surface area (Å²) >= 11 is 0. The van der Waals surface area contributed by atoms with Crippen molar-refractivity contribution in [2.75, 3.05) is 6.61 Å². The number of aliphatic hydroxyl groups excluding tert-OH is 3. The molecule has 4 N–H and O–H groups in total. The summed E-state index contributed by atoms with van der Waals surface area (Å²) in [5, 5.41) is 30.3. The third-order valence-electron chi connectivity index (χ3n) is 2.24. The summed E-state index contributed by atoms with van der Waals surface area (Å²) in [7, 11) is 0. The molecule has 0 aromatic heterocycles. The van der Waals surface area contributed by atoms with Gasteiger partial charge in [0.2, 0.25) is 0 Å². The molecular weight excluding hydrogens is 146 g/mol. The van der Waals surface area contributed by atoms with Crippen LogP contribution >= 0.6 is 0 Å². The normalized spacial score (nSPS) is 44.7. The van der Waals surface area contributed by atoms with Crippen LogP contribution in [0.15, 0.2) is 0 Å². The molecule has 0 amide bonds. The molecule has 11 heavy (non-hydrogen) atoms. The minimum Gasteiger partial charge on any atom is -0.395 e. The molecule has 4 nitrogen and oxygen atoms in total. The van der Waals surface area contributed by atoms with Gasteiger partial charge in [0.25, 0.3) is 0 Å². The number of aliphatic hydroxyl groups is 3. The van der Waals surface area contributed by atoms with E-state index < -0.39 is 12.2 Å². The molecule has 4 heteroatoms. The zero-order valence-corrected chi connectivity index (χ0v) is 6.57. The Balaban J connectivity index is 2.53. The summed E-state index contributed by atoms with van der Waals surface area (Å²) in [6, 6.07) is -0.447. The molecule has 1 aliphatic heterocycles. The van der Waals surface area contributed by atoms with Gasteiger partial charge in [-0.25, -0.2) is 0 Å². The van der Waals surface area contributed by atoms with Crippen molar-refractivity contribution in [3.63, 3.8) is 0 Å². The average Bonchev–Trinajstić information content (AvgIpc) is 2.30. The van der Waals surface area contributed by atoms with Gasteiger partial charge in [-0.2, -0.15) is 0 Å². The lowest BCUT2D eigenvalue weighted by Gasteiger charge is -2.12. The molecule has 1 aliphatic rings. The summed E-state index contributed by atoms with van der Waals surface area (Å²) in [5.74, 6) is 0. The van der Waals surface area contributed by atoms with Crippen molar-refractivity contribution in [2.24, 2.45) is 0 Å². The second-order valence-corrected chi connectivity index (χ2v) is 2.95. The molecule has 1 heterocycles. The van der Waals surface area contributed by atoms with E-state index in [1.807, 2.05) is 6.92 Å². The van der Waals surface area contributed by atoms with Crippen molar-refractivity contribution in [1.29, 1.82) is 0 Å². The van der Waals surface area contributed by atoms with E-state index in [1.165, 1.54) is 0 Å². The molecule has 0 saturated carbocycles. The minimum atomic E-state index is -0.829. The largest absolute Gasteiger partial charge is 0.395 e. The Morgan fingerprint density at radius 2 is 1.73 bits per heavy atom. The topological polar surface area (TPSA) is 72.7 Å². The van der Waals surface area contributed by atoms with Crippen LogP contribution in [-0.2, 0) is 0 Å². The van der Waals surface area contributed by atoms with Crippen LogP contribution in [-0.4, -0.2) is 46.2 Å². The smallest absolute Gasteiger partial charge is 0.0989 e. The van der Waals surface area contributed by atoms with Crippen LogP contribution < -0.4 is 5.32 Å². The van der Waals surface area contributed by atoms with E-state index in [0.29, 0.717) is 0 Å². The van der Waals surface area contributed by atoms with Gasteiger partial charge < -0.3 is 20.6 Å². The van der Waals surface area contributed by atoms with Crippen molar-refractivity contribution >= 4 is 0 Å². The first-order valence-corrected chi connectivity index (χ1v) is 3.93. The van der Waals surface area contributed by atoms with Crippen LogP contribution in [0.25, 0.3) is 0 Å². The van der Waals surface area contributed by atoms with E-state index in [-0.39, 0.29) is 18.7 Å². The Labute approximate surface area is 65.9 Å². The van der Waals surface area contributed by atoms with Crippen molar-refractivity contribution in [1.82, 2.24) is 5.32 Å². The van der Waals surface area contributed by atoms with Gasteiger partial charge in [0.05, 0.1) is 24.9 Å². The summed E-state index contributed by atoms with van der Waals surface area (Å²) in [6.45, 7) is 1.79. The van der Waals surface area contributed by atoms with Crippen molar-refractivity contribution in [3.05, 3.63) is 0 Å². The van der Waals surface area contributed by atoms with Crippen LogP contribution in [0.4, 0.5) is 0 Å². The first-order valence-electron chi connectivity index (χ1n) is 3.93. The zero-order chi connectivity index (χ0) is 8.43. The monoisotopic (exact) mass is 161 g/mol. The lowest BCUT2D eigenvalue weighted by molar-refractivity contribution is 0.0193. The predicted octanol–water partition coefficient (Wildman–Crippen LogP) is -1.55. The van der Waals surface area contributed by atoms with Gasteiger partial charge in [-0.15, -0.1) is 0 Å².